The molecule has 1 saturated carbocycles. The van der Waals surface area contributed by atoms with Gasteiger partial charge in [-0.15, -0.1) is 0 Å². The molecule has 9 nitrogen and oxygen atoms in total. The van der Waals surface area contributed by atoms with Gasteiger partial charge in [0.1, 0.15) is 21.5 Å². The summed E-state index contributed by atoms with van der Waals surface area (Å²) in [7, 11) is 0. The van der Waals surface area contributed by atoms with Crippen LogP contribution in [0, 0.1) is 5.82 Å². The predicted molar refractivity (Wildman–Crippen MR) is 138 cm³/mol. The largest absolute Gasteiger partial charge is 0.393 e. The van der Waals surface area contributed by atoms with Crippen LogP contribution in [0.3, 0.4) is 0 Å². The molecule has 37 heavy (non-hydrogen) atoms. The zero-order valence-electron chi connectivity index (χ0n) is 19.3. The molecule has 0 saturated heterocycles. The fourth-order valence-corrected chi connectivity index (χ4v) is 5.76. The molecule has 0 bridgehead atoms. The quantitative estimate of drug-likeness (QED) is 0.301. The molecule has 4 aromatic heterocycles. The number of nitrogens with zero attached hydrogens (tertiary/aromatic N) is 5. The number of rotatable bonds is 5. The molecule has 1 amide bonds. The number of carbonyl (C=O) groups excluding carboxylic acids is 1. The molecule has 0 radical (unpaired) electrons. The van der Waals surface area contributed by atoms with Crippen molar-refractivity contribution in [2.75, 3.05) is 0 Å². The van der Waals surface area contributed by atoms with Crippen LogP contribution in [0.25, 0.3) is 33.8 Å². The minimum atomic E-state index is -0.677. The number of hydrogen-bond donors (Lipinski definition) is 3. The van der Waals surface area contributed by atoms with Crippen molar-refractivity contribution < 1.29 is 14.3 Å². The lowest BCUT2D eigenvalue weighted by Gasteiger charge is -2.34. The highest BCUT2D eigenvalue weighted by molar-refractivity contribution is 7.17. The first-order valence-electron chi connectivity index (χ1n) is 11.7. The van der Waals surface area contributed by atoms with Gasteiger partial charge in [-0.1, -0.05) is 35.1 Å². The number of aromatic nitrogens is 6. The van der Waals surface area contributed by atoms with Crippen molar-refractivity contribution in [1.82, 2.24) is 35.0 Å². The average Bonchev–Trinajstić information content (AvgIpc) is 3.63. The van der Waals surface area contributed by atoms with Crippen molar-refractivity contribution in [3.63, 3.8) is 0 Å². The van der Waals surface area contributed by atoms with Gasteiger partial charge in [-0.25, -0.2) is 14.4 Å². The molecule has 3 N–H and O–H groups in total. The molecule has 0 spiro atoms. The van der Waals surface area contributed by atoms with Crippen LogP contribution in [0.4, 0.5) is 4.39 Å². The monoisotopic (exact) mass is 537 g/mol. The van der Waals surface area contributed by atoms with Crippen molar-refractivity contribution in [3.05, 3.63) is 70.1 Å². The van der Waals surface area contributed by atoms with Gasteiger partial charge in [0.05, 0.1) is 41.0 Å². The van der Waals surface area contributed by atoms with E-state index in [1.807, 2.05) is 16.7 Å². The summed E-state index contributed by atoms with van der Waals surface area (Å²) in [6.45, 7) is 0. The van der Waals surface area contributed by atoms with E-state index in [2.05, 4.69) is 25.5 Å². The number of aliphatic hydroxyl groups is 1. The van der Waals surface area contributed by atoms with Crippen LogP contribution in [-0.4, -0.2) is 52.9 Å². The molecule has 188 valence electrons. The number of halogens is 2. The molecule has 1 aromatic carbocycles. The number of aromatic amines is 1. The van der Waals surface area contributed by atoms with Gasteiger partial charge in [0.2, 0.25) is 0 Å². The first kappa shape index (κ1) is 23.7. The topological polar surface area (TPSA) is 122 Å². The van der Waals surface area contributed by atoms with E-state index in [1.54, 1.807) is 30.6 Å². The molecule has 12 heteroatoms. The molecular weight excluding hydrogens is 517 g/mol. The van der Waals surface area contributed by atoms with Crippen LogP contribution >= 0.6 is 22.9 Å². The predicted octanol–water partition coefficient (Wildman–Crippen LogP) is 4.62. The molecule has 0 unspecified atom stereocenters. The second-order valence-corrected chi connectivity index (χ2v) is 10.6. The highest BCUT2D eigenvalue weighted by Gasteiger charge is 2.33. The summed E-state index contributed by atoms with van der Waals surface area (Å²) in [6.07, 6.45) is 5.37. The van der Waals surface area contributed by atoms with Gasteiger partial charge in [-0.3, -0.25) is 14.9 Å². The molecular formula is C25H21ClFN7O2S. The summed E-state index contributed by atoms with van der Waals surface area (Å²) in [5, 5.41) is 21.0. The Morgan fingerprint density at radius 1 is 1.19 bits per heavy atom. The summed E-state index contributed by atoms with van der Waals surface area (Å²) < 4.78 is 17.3. The third-order valence-corrected chi connectivity index (χ3v) is 7.61. The normalized spacial score (nSPS) is 19.8. The third kappa shape index (κ3) is 4.61. The Labute approximate surface area is 219 Å². The SMILES string of the molecule is O=C(N[C@H]1C[C@H](O)C[C@@H](n2c(-c3ccccc3F)nc3cnc(-c4ccn[nH]4)cc32)C1)c1ncc(Cl)s1. The first-order chi connectivity index (χ1) is 18.0. The molecule has 4 heterocycles. The highest BCUT2D eigenvalue weighted by Crippen LogP contribution is 2.37. The van der Waals surface area contributed by atoms with E-state index < -0.39 is 11.9 Å². The highest BCUT2D eigenvalue weighted by atomic mass is 35.5. The minimum absolute atomic E-state index is 0.261. The number of H-pyrrole nitrogens is 1. The average molecular weight is 538 g/mol. The number of thiazole rings is 1. The third-order valence-electron chi connectivity index (χ3n) is 6.50. The van der Waals surface area contributed by atoms with Gasteiger partial charge >= 0.3 is 0 Å². The van der Waals surface area contributed by atoms with Crippen LogP contribution in [0.1, 0.15) is 35.1 Å². The van der Waals surface area contributed by atoms with E-state index in [0.717, 1.165) is 22.5 Å². The Bertz CT molecular complexity index is 1590. The van der Waals surface area contributed by atoms with Crippen LogP contribution in [0.15, 0.2) is 55.0 Å². The Morgan fingerprint density at radius 3 is 2.81 bits per heavy atom. The maximum atomic E-state index is 15.0. The minimum Gasteiger partial charge on any atom is -0.393 e. The number of benzene rings is 1. The second-order valence-electron chi connectivity index (χ2n) is 8.97. The molecule has 1 aliphatic rings. The number of fused-ring (bicyclic) bond motifs is 1. The molecule has 5 aromatic rings. The fraction of sp³-hybridized carbons (Fsp3) is 0.240. The zero-order valence-corrected chi connectivity index (χ0v) is 20.9. The van der Waals surface area contributed by atoms with Gasteiger partial charge < -0.3 is 15.0 Å². The van der Waals surface area contributed by atoms with Crippen LogP contribution in [0.2, 0.25) is 4.34 Å². The number of imidazole rings is 1. The maximum Gasteiger partial charge on any atom is 0.280 e. The van der Waals surface area contributed by atoms with Gasteiger partial charge in [-0.2, -0.15) is 5.10 Å². The van der Waals surface area contributed by atoms with Crippen LogP contribution in [0.5, 0.6) is 0 Å². The Morgan fingerprint density at radius 2 is 2.05 bits per heavy atom. The number of carbonyl (C=O) groups is 1. The van der Waals surface area contributed by atoms with Gasteiger partial charge in [0.25, 0.3) is 5.91 Å². The number of pyridine rings is 1. The van der Waals surface area contributed by atoms with Gasteiger partial charge in [0.15, 0.2) is 5.01 Å². The van der Waals surface area contributed by atoms with Crippen LogP contribution < -0.4 is 5.32 Å². The smallest absolute Gasteiger partial charge is 0.280 e. The molecule has 1 aliphatic carbocycles. The van der Waals surface area contributed by atoms with Crippen LogP contribution in [-0.2, 0) is 0 Å². The fourth-order valence-electron chi connectivity index (χ4n) is 4.94. The van der Waals surface area contributed by atoms with Gasteiger partial charge in [0, 0.05) is 18.3 Å². The lowest BCUT2D eigenvalue weighted by atomic mass is 9.88. The van der Waals surface area contributed by atoms with E-state index in [0.29, 0.717) is 46.2 Å². The first-order valence-corrected chi connectivity index (χ1v) is 12.9. The van der Waals surface area contributed by atoms with Crippen molar-refractivity contribution in [2.45, 2.75) is 37.5 Å². The molecule has 0 aliphatic heterocycles. The Balaban J connectivity index is 1.42. The number of aliphatic hydroxyl groups excluding tert-OH is 1. The van der Waals surface area contributed by atoms with Crippen molar-refractivity contribution in [3.8, 4) is 22.8 Å². The second kappa shape index (κ2) is 9.66. The molecule has 6 rings (SSSR count). The van der Waals surface area contributed by atoms with E-state index in [9.17, 15) is 14.3 Å². The lowest BCUT2D eigenvalue weighted by Crippen LogP contribution is -2.43. The summed E-state index contributed by atoms with van der Waals surface area (Å²) in [6, 6.07) is 9.56. The summed E-state index contributed by atoms with van der Waals surface area (Å²) >= 11 is 7.03. The maximum absolute atomic E-state index is 15.0. The summed E-state index contributed by atoms with van der Waals surface area (Å²) in [5.41, 5.74) is 3.08. The summed E-state index contributed by atoms with van der Waals surface area (Å²) in [4.78, 5) is 26.1. The molecule has 1 fully saturated rings. The Kier molecular flexibility index (Phi) is 6.19. The van der Waals surface area contributed by atoms with Crippen molar-refractivity contribution in [1.29, 1.82) is 0 Å². The zero-order chi connectivity index (χ0) is 25.5. The standard InChI is InChI=1S/C25H21ClFN7O2S/c26-22-12-29-25(37-22)24(36)31-13-7-14(9-15(35)8-13)34-21-10-19(18-5-6-30-33-18)28-11-20(21)32-23(34)16-3-1-2-4-17(16)27/h1-6,10-15,35H,7-9H2,(H,30,33)(H,31,36)/t13-,14+,15+/m1/s1. The lowest BCUT2D eigenvalue weighted by molar-refractivity contribution is 0.0747. The van der Waals surface area contributed by atoms with E-state index in [1.165, 1.54) is 12.3 Å². The number of nitrogens with one attached hydrogen (secondary N) is 2. The number of amides is 1. The van der Waals surface area contributed by atoms with E-state index in [-0.39, 0.29) is 23.0 Å². The van der Waals surface area contributed by atoms with Gasteiger partial charge in [-0.05, 0) is 43.5 Å². The number of hydrogen-bond acceptors (Lipinski definition) is 7. The van der Waals surface area contributed by atoms with E-state index >= 15 is 0 Å². The van der Waals surface area contributed by atoms with Crippen molar-refractivity contribution >= 4 is 39.9 Å². The summed E-state index contributed by atoms with van der Waals surface area (Å²) in [5.74, 6) is -0.305. The van der Waals surface area contributed by atoms with E-state index in [4.69, 9.17) is 16.6 Å². The Hall–Kier alpha value is -3.67. The molecule has 3 atom stereocenters. The van der Waals surface area contributed by atoms with Crippen molar-refractivity contribution in [2.24, 2.45) is 0 Å².